The van der Waals surface area contributed by atoms with Crippen molar-refractivity contribution in [2.45, 2.75) is 13.0 Å². The number of urea groups is 1. The number of benzene rings is 1. The van der Waals surface area contributed by atoms with Gasteiger partial charge in [0.25, 0.3) is 0 Å². The Balaban J connectivity index is 2.63. The van der Waals surface area contributed by atoms with Gasteiger partial charge in [-0.25, -0.2) is 4.79 Å². The van der Waals surface area contributed by atoms with Crippen molar-refractivity contribution in [1.29, 1.82) is 5.41 Å². The van der Waals surface area contributed by atoms with Crippen LogP contribution in [0, 0.1) is 5.41 Å². The minimum absolute atomic E-state index is 0.0364. The minimum Gasteiger partial charge on any atom is -0.386 e. The van der Waals surface area contributed by atoms with E-state index < -0.39 is 6.04 Å². The number of likely N-dealkylation sites (N-methyl/N-ethyl adjacent to an activating group) is 1. The van der Waals surface area contributed by atoms with Crippen LogP contribution in [0.2, 0.25) is 0 Å². The van der Waals surface area contributed by atoms with Gasteiger partial charge in [0.1, 0.15) is 5.84 Å². The maximum absolute atomic E-state index is 11.7. The van der Waals surface area contributed by atoms with E-state index in [4.69, 9.17) is 11.1 Å². The number of carbonyl (C=O) groups excluding carboxylic acids is 1. The summed E-state index contributed by atoms with van der Waals surface area (Å²) < 4.78 is 0. The number of hydrogen-bond acceptors (Lipinski definition) is 2. The highest BCUT2D eigenvalue weighted by Crippen LogP contribution is 2.07. The molecular weight excluding hydrogens is 204 g/mol. The first-order chi connectivity index (χ1) is 7.52. The van der Waals surface area contributed by atoms with Crippen LogP contribution in [-0.4, -0.2) is 29.9 Å². The predicted octanol–water partition coefficient (Wildman–Crippen LogP) is 1.47. The number of nitrogens with one attached hydrogen (secondary N) is 2. The molecule has 0 aromatic heterocycles. The lowest BCUT2D eigenvalue weighted by Crippen LogP contribution is -2.45. The summed E-state index contributed by atoms with van der Waals surface area (Å²) in [4.78, 5) is 13.1. The molecule has 5 heteroatoms. The third-order valence-electron chi connectivity index (χ3n) is 2.38. The van der Waals surface area contributed by atoms with Gasteiger partial charge in [0.2, 0.25) is 0 Å². The van der Waals surface area contributed by atoms with Crippen molar-refractivity contribution in [3.63, 3.8) is 0 Å². The van der Waals surface area contributed by atoms with E-state index in [9.17, 15) is 4.79 Å². The Kier molecular flexibility index (Phi) is 3.88. The fourth-order valence-electron chi connectivity index (χ4n) is 1.12. The Morgan fingerprint density at radius 3 is 2.50 bits per heavy atom. The molecule has 86 valence electrons. The minimum atomic E-state index is -0.413. The average molecular weight is 220 g/mol. The van der Waals surface area contributed by atoms with Gasteiger partial charge in [0, 0.05) is 12.7 Å². The van der Waals surface area contributed by atoms with Gasteiger partial charge < -0.3 is 16.0 Å². The zero-order valence-electron chi connectivity index (χ0n) is 9.40. The molecule has 0 aliphatic heterocycles. The van der Waals surface area contributed by atoms with Gasteiger partial charge in [0.15, 0.2) is 0 Å². The highest BCUT2D eigenvalue weighted by molar-refractivity contribution is 5.93. The zero-order valence-corrected chi connectivity index (χ0v) is 9.40. The SMILES string of the molecule is CC(C(=N)N)N(C)C(=O)Nc1ccccc1. The highest BCUT2D eigenvalue weighted by atomic mass is 16.2. The van der Waals surface area contributed by atoms with E-state index in [-0.39, 0.29) is 11.9 Å². The maximum atomic E-state index is 11.7. The molecule has 1 aromatic carbocycles. The van der Waals surface area contributed by atoms with Crippen LogP contribution >= 0.6 is 0 Å². The molecule has 1 atom stereocenters. The monoisotopic (exact) mass is 220 g/mol. The summed E-state index contributed by atoms with van der Waals surface area (Å²) in [5, 5.41) is 9.97. The summed E-state index contributed by atoms with van der Waals surface area (Å²) in [6.45, 7) is 1.70. The topological polar surface area (TPSA) is 82.2 Å². The van der Waals surface area contributed by atoms with Gasteiger partial charge in [-0.15, -0.1) is 0 Å². The second-order valence-corrected chi connectivity index (χ2v) is 3.54. The van der Waals surface area contributed by atoms with Crippen LogP contribution in [0.25, 0.3) is 0 Å². The summed E-state index contributed by atoms with van der Waals surface area (Å²) in [6.07, 6.45) is 0. The molecule has 0 fully saturated rings. The van der Waals surface area contributed by atoms with E-state index in [0.717, 1.165) is 5.69 Å². The van der Waals surface area contributed by atoms with Crippen LogP contribution in [0.3, 0.4) is 0 Å². The number of nitrogens with zero attached hydrogens (tertiary/aromatic N) is 1. The third-order valence-corrected chi connectivity index (χ3v) is 2.38. The Bertz CT molecular complexity index is 377. The van der Waals surface area contributed by atoms with Crippen LogP contribution < -0.4 is 11.1 Å². The molecule has 5 nitrogen and oxygen atoms in total. The van der Waals surface area contributed by atoms with Crippen LogP contribution in [0.4, 0.5) is 10.5 Å². The van der Waals surface area contributed by atoms with Crippen molar-refractivity contribution in [1.82, 2.24) is 4.90 Å². The first-order valence-corrected chi connectivity index (χ1v) is 4.95. The number of amides is 2. The van der Waals surface area contributed by atoms with Gasteiger partial charge in [-0.2, -0.15) is 0 Å². The first-order valence-electron chi connectivity index (χ1n) is 4.95. The Morgan fingerprint density at radius 1 is 1.44 bits per heavy atom. The molecule has 0 heterocycles. The Labute approximate surface area is 94.8 Å². The smallest absolute Gasteiger partial charge is 0.322 e. The lowest BCUT2D eigenvalue weighted by atomic mass is 10.3. The molecule has 16 heavy (non-hydrogen) atoms. The quantitative estimate of drug-likeness (QED) is 0.532. The van der Waals surface area contributed by atoms with E-state index >= 15 is 0 Å². The molecule has 0 bridgehead atoms. The number of anilines is 1. The molecule has 0 spiro atoms. The molecule has 0 saturated carbocycles. The fraction of sp³-hybridized carbons (Fsp3) is 0.273. The molecule has 0 saturated heterocycles. The molecule has 1 unspecified atom stereocenters. The van der Waals surface area contributed by atoms with Crippen LogP contribution in [0.15, 0.2) is 30.3 Å². The van der Waals surface area contributed by atoms with Crippen LogP contribution in [0.1, 0.15) is 6.92 Å². The summed E-state index contributed by atoms with van der Waals surface area (Å²) in [6, 6.07) is 8.44. The lowest BCUT2D eigenvalue weighted by Gasteiger charge is -2.24. The summed E-state index contributed by atoms with van der Waals surface area (Å²) in [5.74, 6) is -0.0364. The number of hydrogen-bond donors (Lipinski definition) is 3. The number of nitrogens with two attached hydrogens (primary N) is 1. The number of para-hydroxylation sites is 1. The molecule has 2 amide bonds. The highest BCUT2D eigenvalue weighted by Gasteiger charge is 2.17. The molecule has 1 aromatic rings. The second-order valence-electron chi connectivity index (χ2n) is 3.54. The number of rotatable bonds is 3. The predicted molar refractivity (Wildman–Crippen MR) is 64.6 cm³/mol. The van der Waals surface area contributed by atoms with Crippen molar-refractivity contribution >= 4 is 17.6 Å². The standard InChI is InChI=1S/C11H16N4O/c1-8(10(12)13)15(2)11(16)14-9-6-4-3-5-7-9/h3-8H,1-2H3,(H3,12,13)(H,14,16). The van der Waals surface area contributed by atoms with Crippen molar-refractivity contribution in [3.8, 4) is 0 Å². The van der Waals surface area contributed by atoms with Gasteiger partial charge in [0.05, 0.1) is 6.04 Å². The molecule has 0 aliphatic carbocycles. The van der Waals surface area contributed by atoms with Crippen LogP contribution in [0.5, 0.6) is 0 Å². The van der Waals surface area contributed by atoms with Gasteiger partial charge in [-0.3, -0.25) is 5.41 Å². The molecule has 1 rings (SSSR count). The third kappa shape index (κ3) is 2.98. The van der Waals surface area contributed by atoms with Crippen molar-refractivity contribution < 1.29 is 4.79 Å². The summed E-state index contributed by atoms with van der Waals surface area (Å²) in [5.41, 5.74) is 6.05. The first kappa shape index (κ1) is 12.0. The van der Waals surface area contributed by atoms with Gasteiger partial charge in [-0.05, 0) is 19.1 Å². The Morgan fingerprint density at radius 2 is 2.00 bits per heavy atom. The number of amidine groups is 1. The summed E-state index contributed by atoms with van der Waals surface area (Å²) >= 11 is 0. The van der Waals surface area contributed by atoms with Gasteiger partial charge in [-0.1, -0.05) is 18.2 Å². The maximum Gasteiger partial charge on any atom is 0.322 e. The van der Waals surface area contributed by atoms with E-state index in [1.54, 1.807) is 26.1 Å². The van der Waals surface area contributed by atoms with Gasteiger partial charge >= 0.3 is 6.03 Å². The van der Waals surface area contributed by atoms with Crippen LogP contribution in [-0.2, 0) is 0 Å². The zero-order chi connectivity index (χ0) is 12.1. The van der Waals surface area contributed by atoms with E-state index in [1.807, 2.05) is 18.2 Å². The molecule has 0 aliphatic rings. The normalized spacial score (nSPS) is 11.6. The average Bonchev–Trinajstić information content (AvgIpc) is 2.28. The molecular formula is C11H16N4O. The lowest BCUT2D eigenvalue weighted by molar-refractivity contribution is 0.218. The summed E-state index contributed by atoms with van der Waals surface area (Å²) in [7, 11) is 1.60. The molecule has 4 N–H and O–H groups in total. The largest absolute Gasteiger partial charge is 0.386 e. The fourth-order valence-corrected chi connectivity index (χ4v) is 1.12. The molecule has 0 radical (unpaired) electrons. The van der Waals surface area contributed by atoms with Crippen molar-refractivity contribution in [2.24, 2.45) is 5.73 Å². The Hall–Kier alpha value is -2.04. The van der Waals surface area contributed by atoms with Crippen molar-refractivity contribution in [2.75, 3.05) is 12.4 Å². The number of carbonyl (C=O) groups is 1. The van der Waals surface area contributed by atoms with Crippen molar-refractivity contribution in [3.05, 3.63) is 30.3 Å². The second kappa shape index (κ2) is 5.16. The van der Waals surface area contributed by atoms with E-state index in [2.05, 4.69) is 5.32 Å². The van der Waals surface area contributed by atoms with E-state index in [1.165, 1.54) is 4.90 Å². The van der Waals surface area contributed by atoms with E-state index in [0.29, 0.717) is 0 Å².